The Hall–Kier alpha value is -1.87. The number of hydrogen-bond donors (Lipinski definition) is 2. The zero-order valence-corrected chi connectivity index (χ0v) is 13.5. The van der Waals surface area contributed by atoms with Crippen LogP contribution >= 0.6 is 0 Å². The Morgan fingerprint density at radius 3 is 2.67 bits per heavy atom. The molecule has 9 heteroatoms. The Bertz CT molecular complexity index is 563. The number of β-amino-alcohol motifs (C(OH)–C–C–N with tert-alkyl or cyclic N) is 1. The molecule has 1 aromatic rings. The van der Waals surface area contributed by atoms with Crippen LogP contribution in [0.25, 0.3) is 0 Å². The number of carbonyl (C=O) groups excluding carboxylic acids is 1. The summed E-state index contributed by atoms with van der Waals surface area (Å²) in [6, 6.07) is 1.57. The number of nitrogens with zero attached hydrogens (tertiary/aromatic N) is 3. The van der Waals surface area contributed by atoms with Gasteiger partial charge in [0.25, 0.3) is 0 Å². The summed E-state index contributed by atoms with van der Waals surface area (Å²) in [7, 11) is 0. The molecule has 2 atom stereocenters. The van der Waals surface area contributed by atoms with Gasteiger partial charge in [-0.1, -0.05) is 0 Å². The van der Waals surface area contributed by atoms with Gasteiger partial charge in [0.1, 0.15) is 5.69 Å². The Labute approximate surface area is 138 Å². The molecule has 2 rings (SSSR count). The van der Waals surface area contributed by atoms with E-state index in [0.717, 1.165) is 12.3 Å². The summed E-state index contributed by atoms with van der Waals surface area (Å²) in [5.74, 6) is 0. The van der Waals surface area contributed by atoms with Crippen LogP contribution in [0.5, 0.6) is 0 Å². The van der Waals surface area contributed by atoms with Gasteiger partial charge in [0.05, 0.1) is 18.0 Å². The van der Waals surface area contributed by atoms with E-state index in [2.05, 4.69) is 15.2 Å². The number of carbonyl (C=O) groups is 1. The van der Waals surface area contributed by atoms with Gasteiger partial charge in [-0.15, -0.1) is 0 Å². The second-order valence-corrected chi connectivity index (χ2v) is 6.01. The first kappa shape index (κ1) is 18.5. The number of alkyl halides is 3. The number of piperazine rings is 1. The largest absolute Gasteiger partial charge is 0.433 e. The Kier molecular flexibility index (Phi) is 5.66. The first-order chi connectivity index (χ1) is 11.2. The van der Waals surface area contributed by atoms with Gasteiger partial charge >= 0.3 is 12.2 Å². The van der Waals surface area contributed by atoms with Gasteiger partial charge in [-0.2, -0.15) is 13.2 Å². The second-order valence-electron chi connectivity index (χ2n) is 6.01. The summed E-state index contributed by atoms with van der Waals surface area (Å²) in [4.78, 5) is 19.3. The van der Waals surface area contributed by atoms with Crippen molar-refractivity contribution in [3.8, 4) is 0 Å². The average Bonchev–Trinajstić information content (AvgIpc) is 2.46. The number of halogens is 3. The predicted molar refractivity (Wildman–Crippen MR) is 82.5 cm³/mol. The lowest BCUT2D eigenvalue weighted by Gasteiger charge is -2.40. The van der Waals surface area contributed by atoms with Gasteiger partial charge < -0.3 is 15.3 Å². The standard InChI is InChI=1S/C15H21F3N4O2/c1-10-8-21(9-11(2)23)5-6-22(10)14(24)20-12-3-4-13(19-7-12)15(16,17)18/h3-4,7,10-11,23H,5-6,8-9H2,1-2H3,(H,20,24)/t10-,11-/m0/s1. The zero-order chi connectivity index (χ0) is 17.9. The number of pyridine rings is 1. The minimum atomic E-state index is -4.50. The minimum absolute atomic E-state index is 0.0695. The molecule has 1 aliphatic heterocycles. The molecule has 6 nitrogen and oxygen atoms in total. The van der Waals surface area contributed by atoms with Crippen LogP contribution in [0, 0.1) is 0 Å². The molecule has 0 spiro atoms. The molecule has 1 aliphatic rings. The highest BCUT2D eigenvalue weighted by molar-refractivity contribution is 5.89. The van der Waals surface area contributed by atoms with Crippen LogP contribution in [0.15, 0.2) is 18.3 Å². The van der Waals surface area contributed by atoms with E-state index in [9.17, 15) is 23.1 Å². The third-order valence-electron chi connectivity index (χ3n) is 3.80. The van der Waals surface area contributed by atoms with Gasteiger partial charge in [0.15, 0.2) is 0 Å². The van der Waals surface area contributed by atoms with Crippen molar-refractivity contribution in [2.75, 3.05) is 31.5 Å². The fourth-order valence-electron chi connectivity index (χ4n) is 2.71. The SMILES string of the molecule is C[C@H](O)CN1CCN(C(=O)Nc2ccc(C(F)(F)F)nc2)[C@@H](C)C1. The molecule has 1 fully saturated rings. The van der Waals surface area contributed by atoms with E-state index in [-0.39, 0.29) is 17.8 Å². The highest BCUT2D eigenvalue weighted by Crippen LogP contribution is 2.27. The molecule has 2 heterocycles. The maximum Gasteiger partial charge on any atom is 0.433 e. The molecule has 1 saturated heterocycles. The van der Waals surface area contributed by atoms with Crippen LogP contribution in [-0.2, 0) is 6.18 Å². The van der Waals surface area contributed by atoms with Gasteiger partial charge in [0.2, 0.25) is 0 Å². The number of aromatic nitrogens is 1. The Balaban J connectivity index is 1.93. The van der Waals surface area contributed by atoms with Crippen molar-refractivity contribution in [3.05, 3.63) is 24.0 Å². The van der Waals surface area contributed by atoms with Crippen LogP contribution in [0.1, 0.15) is 19.5 Å². The molecule has 1 aromatic heterocycles. The molecule has 0 unspecified atom stereocenters. The van der Waals surface area contributed by atoms with Crippen molar-refractivity contribution >= 4 is 11.7 Å². The molecule has 0 bridgehead atoms. The first-order valence-electron chi connectivity index (χ1n) is 7.68. The number of aliphatic hydroxyl groups excluding tert-OH is 1. The van der Waals surface area contributed by atoms with Crippen molar-refractivity contribution in [1.29, 1.82) is 0 Å². The maximum absolute atomic E-state index is 12.5. The van der Waals surface area contributed by atoms with Gasteiger partial charge in [-0.05, 0) is 26.0 Å². The molecule has 2 N–H and O–H groups in total. The number of rotatable bonds is 3. The predicted octanol–water partition coefficient (Wildman–Crippen LogP) is 2.02. The van der Waals surface area contributed by atoms with Gasteiger partial charge in [-0.25, -0.2) is 9.78 Å². The number of urea groups is 1. The fraction of sp³-hybridized carbons (Fsp3) is 0.600. The quantitative estimate of drug-likeness (QED) is 0.879. The lowest BCUT2D eigenvalue weighted by atomic mass is 10.2. The Morgan fingerprint density at radius 1 is 1.46 bits per heavy atom. The molecular formula is C15H21F3N4O2. The number of hydrogen-bond acceptors (Lipinski definition) is 4. The summed E-state index contributed by atoms with van der Waals surface area (Å²) in [5, 5.41) is 12.0. The van der Waals surface area contributed by atoms with E-state index in [1.54, 1.807) is 11.8 Å². The number of aliphatic hydroxyl groups is 1. The molecular weight excluding hydrogens is 325 g/mol. The second kappa shape index (κ2) is 7.35. The van der Waals surface area contributed by atoms with Gasteiger partial charge in [0, 0.05) is 32.2 Å². The van der Waals surface area contributed by atoms with E-state index in [1.807, 2.05) is 6.92 Å². The van der Waals surface area contributed by atoms with E-state index in [4.69, 9.17) is 0 Å². The van der Waals surface area contributed by atoms with Crippen molar-refractivity contribution in [2.24, 2.45) is 0 Å². The summed E-state index contributed by atoms with van der Waals surface area (Å²) in [6.45, 7) is 5.88. The van der Waals surface area contributed by atoms with Crippen molar-refractivity contribution in [3.63, 3.8) is 0 Å². The summed E-state index contributed by atoms with van der Waals surface area (Å²) in [6.07, 6.45) is -3.94. The monoisotopic (exact) mass is 346 g/mol. The van der Waals surface area contributed by atoms with Crippen LogP contribution in [0.4, 0.5) is 23.7 Å². The molecule has 0 radical (unpaired) electrons. The lowest BCUT2D eigenvalue weighted by molar-refractivity contribution is -0.141. The lowest BCUT2D eigenvalue weighted by Crippen LogP contribution is -2.56. The number of amides is 2. The summed E-state index contributed by atoms with van der Waals surface area (Å²) >= 11 is 0. The maximum atomic E-state index is 12.5. The van der Waals surface area contributed by atoms with Crippen LogP contribution in [0.2, 0.25) is 0 Å². The topological polar surface area (TPSA) is 68.7 Å². The summed E-state index contributed by atoms with van der Waals surface area (Å²) < 4.78 is 37.4. The van der Waals surface area contributed by atoms with Crippen molar-refractivity contribution in [2.45, 2.75) is 32.2 Å². The average molecular weight is 346 g/mol. The minimum Gasteiger partial charge on any atom is -0.392 e. The van der Waals surface area contributed by atoms with Crippen LogP contribution < -0.4 is 5.32 Å². The van der Waals surface area contributed by atoms with E-state index in [0.29, 0.717) is 26.2 Å². The molecule has 24 heavy (non-hydrogen) atoms. The van der Waals surface area contributed by atoms with Crippen molar-refractivity contribution < 1.29 is 23.1 Å². The van der Waals surface area contributed by atoms with Gasteiger partial charge in [-0.3, -0.25) is 4.90 Å². The third-order valence-corrected chi connectivity index (χ3v) is 3.80. The van der Waals surface area contributed by atoms with E-state index in [1.165, 1.54) is 6.07 Å². The summed E-state index contributed by atoms with van der Waals surface area (Å²) in [5.41, 5.74) is -0.785. The highest BCUT2D eigenvalue weighted by atomic mass is 19.4. The first-order valence-corrected chi connectivity index (χ1v) is 7.68. The highest BCUT2D eigenvalue weighted by Gasteiger charge is 2.32. The van der Waals surface area contributed by atoms with E-state index < -0.39 is 18.0 Å². The Morgan fingerprint density at radius 2 is 2.17 bits per heavy atom. The smallest absolute Gasteiger partial charge is 0.392 e. The molecule has 134 valence electrons. The van der Waals surface area contributed by atoms with Crippen molar-refractivity contribution in [1.82, 2.24) is 14.8 Å². The fourth-order valence-corrected chi connectivity index (χ4v) is 2.71. The molecule has 0 aliphatic carbocycles. The third kappa shape index (κ3) is 4.81. The van der Waals surface area contributed by atoms with Crippen LogP contribution in [-0.4, -0.2) is 64.2 Å². The molecule has 2 amide bonds. The zero-order valence-electron chi connectivity index (χ0n) is 13.5. The normalized spacial score (nSPS) is 20.8. The van der Waals surface area contributed by atoms with E-state index >= 15 is 0 Å². The van der Waals surface area contributed by atoms with Crippen LogP contribution in [0.3, 0.4) is 0 Å². The molecule has 0 saturated carbocycles. The number of anilines is 1. The number of nitrogens with one attached hydrogen (secondary N) is 1. The molecule has 0 aromatic carbocycles.